The molecule has 0 saturated carbocycles. The van der Waals surface area contributed by atoms with Gasteiger partial charge in [0.05, 0.1) is 11.9 Å². The Kier molecular flexibility index (Phi) is 2.67. The molecule has 1 aromatic rings. The van der Waals surface area contributed by atoms with Gasteiger partial charge in [-0.15, -0.1) is 0 Å². The van der Waals surface area contributed by atoms with Crippen molar-refractivity contribution in [3.8, 4) is 0 Å². The van der Waals surface area contributed by atoms with E-state index in [9.17, 15) is 4.79 Å². The minimum Gasteiger partial charge on any atom is -0.367 e. The Morgan fingerprint density at radius 1 is 1.67 bits per heavy atom. The highest BCUT2D eigenvalue weighted by Crippen LogP contribution is 2.24. The summed E-state index contributed by atoms with van der Waals surface area (Å²) in [6.45, 7) is 1.56. The summed E-state index contributed by atoms with van der Waals surface area (Å²) in [4.78, 5) is 13.5. The molecule has 82 valence electrons. The molecule has 2 rings (SSSR count). The van der Waals surface area contributed by atoms with E-state index in [0.717, 1.165) is 19.5 Å². The Bertz CT molecular complexity index is 431. The molecule has 2 heterocycles. The first kappa shape index (κ1) is 10.4. The van der Waals surface area contributed by atoms with E-state index in [2.05, 4.69) is 5.10 Å². The van der Waals surface area contributed by atoms with Gasteiger partial charge in [-0.25, -0.2) is 4.68 Å². The average Bonchev–Trinajstić information content (AvgIpc) is 2.61. The summed E-state index contributed by atoms with van der Waals surface area (Å²) in [7, 11) is 1.58. The molecular weight excluding hydrogens is 216 g/mol. The molecule has 0 aliphatic carbocycles. The smallest absolute Gasteiger partial charge is 0.287 e. The molecule has 1 aliphatic heterocycles. The molecule has 15 heavy (non-hydrogen) atoms. The molecule has 0 aromatic carbocycles. The molecule has 2 N–H and O–H groups in total. The summed E-state index contributed by atoms with van der Waals surface area (Å²) in [5.41, 5.74) is 6.21. The van der Waals surface area contributed by atoms with Crippen LogP contribution >= 0.6 is 11.6 Å². The van der Waals surface area contributed by atoms with Crippen LogP contribution in [0.2, 0.25) is 5.02 Å². The van der Waals surface area contributed by atoms with Crippen LogP contribution in [0.4, 0.5) is 5.69 Å². The highest BCUT2D eigenvalue weighted by Gasteiger charge is 2.22. The van der Waals surface area contributed by atoms with Gasteiger partial charge in [-0.3, -0.25) is 4.79 Å². The first-order valence-corrected chi connectivity index (χ1v) is 5.19. The van der Waals surface area contributed by atoms with E-state index in [4.69, 9.17) is 17.3 Å². The van der Waals surface area contributed by atoms with Crippen LogP contribution in [0.5, 0.6) is 0 Å². The van der Waals surface area contributed by atoms with Crippen LogP contribution in [0.1, 0.15) is 6.42 Å². The number of nitrogens with two attached hydrogens (primary N) is 1. The van der Waals surface area contributed by atoms with Gasteiger partial charge < -0.3 is 10.6 Å². The van der Waals surface area contributed by atoms with Gasteiger partial charge in [0.1, 0.15) is 5.02 Å². The van der Waals surface area contributed by atoms with Crippen molar-refractivity contribution in [2.45, 2.75) is 12.5 Å². The maximum absolute atomic E-state index is 11.5. The maximum Gasteiger partial charge on any atom is 0.287 e. The number of aromatic nitrogens is 2. The molecule has 1 saturated heterocycles. The monoisotopic (exact) mass is 228 g/mol. The molecule has 0 amide bonds. The third-order valence-corrected chi connectivity index (χ3v) is 2.98. The fraction of sp³-hybridized carbons (Fsp3) is 0.556. The fourth-order valence-corrected chi connectivity index (χ4v) is 2.02. The van der Waals surface area contributed by atoms with Crippen molar-refractivity contribution in [2.24, 2.45) is 12.8 Å². The molecule has 1 fully saturated rings. The number of nitrogens with zero attached hydrogens (tertiary/aromatic N) is 3. The Balaban J connectivity index is 2.37. The van der Waals surface area contributed by atoms with E-state index in [1.807, 2.05) is 4.90 Å². The Morgan fingerprint density at radius 2 is 2.40 bits per heavy atom. The molecule has 5 nitrogen and oxygen atoms in total. The van der Waals surface area contributed by atoms with Crippen molar-refractivity contribution < 1.29 is 0 Å². The van der Waals surface area contributed by atoms with Crippen molar-refractivity contribution >= 4 is 17.3 Å². The zero-order chi connectivity index (χ0) is 11.0. The number of hydrogen-bond acceptors (Lipinski definition) is 4. The van der Waals surface area contributed by atoms with Gasteiger partial charge in [0, 0.05) is 26.2 Å². The van der Waals surface area contributed by atoms with Crippen LogP contribution in [-0.4, -0.2) is 28.9 Å². The minimum absolute atomic E-state index is 0.158. The zero-order valence-electron chi connectivity index (χ0n) is 8.48. The van der Waals surface area contributed by atoms with Crippen LogP contribution in [0.3, 0.4) is 0 Å². The standard InChI is InChI=1S/C9H13ClN4O/c1-13-9(15)8(10)7(4-12-13)14-3-2-6(11)5-14/h4,6H,2-3,5,11H2,1H3. The van der Waals surface area contributed by atoms with E-state index in [-0.39, 0.29) is 16.6 Å². The summed E-state index contributed by atoms with van der Waals surface area (Å²) in [5.74, 6) is 0. The van der Waals surface area contributed by atoms with Gasteiger partial charge in [0.2, 0.25) is 0 Å². The summed E-state index contributed by atoms with van der Waals surface area (Å²) >= 11 is 5.97. The van der Waals surface area contributed by atoms with Crippen LogP contribution in [-0.2, 0) is 7.05 Å². The minimum atomic E-state index is -0.269. The first-order chi connectivity index (χ1) is 7.09. The van der Waals surface area contributed by atoms with E-state index in [1.165, 1.54) is 4.68 Å². The second-order valence-electron chi connectivity index (χ2n) is 3.77. The molecular formula is C9H13ClN4O. The second kappa shape index (κ2) is 3.83. The topological polar surface area (TPSA) is 64.2 Å². The second-order valence-corrected chi connectivity index (χ2v) is 4.15. The number of rotatable bonds is 1. The normalized spacial score (nSPS) is 21.0. The van der Waals surface area contributed by atoms with Gasteiger partial charge in [-0.2, -0.15) is 5.10 Å². The van der Waals surface area contributed by atoms with E-state index < -0.39 is 0 Å². The molecule has 1 aromatic heterocycles. The van der Waals surface area contributed by atoms with Crippen LogP contribution in [0, 0.1) is 0 Å². The first-order valence-electron chi connectivity index (χ1n) is 4.82. The van der Waals surface area contributed by atoms with Crippen molar-refractivity contribution in [1.82, 2.24) is 9.78 Å². The molecule has 1 unspecified atom stereocenters. The molecule has 0 spiro atoms. The maximum atomic E-state index is 11.5. The lowest BCUT2D eigenvalue weighted by molar-refractivity contribution is 0.703. The molecule has 6 heteroatoms. The lowest BCUT2D eigenvalue weighted by Gasteiger charge is -2.18. The van der Waals surface area contributed by atoms with E-state index in [0.29, 0.717) is 5.69 Å². The number of anilines is 1. The van der Waals surface area contributed by atoms with E-state index >= 15 is 0 Å². The fourth-order valence-electron chi connectivity index (χ4n) is 1.73. The highest BCUT2D eigenvalue weighted by atomic mass is 35.5. The van der Waals surface area contributed by atoms with Crippen molar-refractivity contribution in [1.29, 1.82) is 0 Å². The molecule has 1 atom stereocenters. The molecule has 1 aliphatic rings. The van der Waals surface area contributed by atoms with Gasteiger partial charge in [0.25, 0.3) is 5.56 Å². The predicted molar refractivity (Wildman–Crippen MR) is 59.3 cm³/mol. The van der Waals surface area contributed by atoms with Crippen molar-refractivity contribution in [2.75, 3.05) is 18.0 Å². The summed E-state index contributed by atoms with van der Waals surface area (Å²) in [6, 6.07) is 0.158. The highest BCUT2D eigenvalue weighted by molar-refractivity contribution is 6.33. The van der Waals surface area contributed by atoms with Crippen LogP contribution < -0.4 is 16.2 Å². The third kappa shape index (κ3) is 1.85. The van der Waals surface area contributed by atoms with Gasteiger partial charge in [-0.1, -0.05) is 11.6 Å². The van der Waals surface area contributed by atoms with Crippen LogP contribution in [0.15, 0.2) is 11.0 Å². The largest absolute Gasteiger partial charge is 0.367 e. The quantitative estimate of drug-likeness (QED) is 0.733. The van der Waals surface area contributed by atoms with Gasteiger partial charge >= 0.3 is 0 Å². The Morgan fingerprint density at radius 3 is 3.00 bits per heavy atom. The third-order valence-electron chi connectivity index (χ3n) is 2.63. The summed E-state index contributed by atoms with van der Waals surface area (Å²) in [5, 5.41) is 4.17. The summed E-state index contributed by atoms with van der Waals surface area (Å²) in [6.07, 6.45) is 2.54. The van der Waals surface area contributed by atoms with Crippen molar-refractivity contribution in [3.63, 3.8) is 0 Å². The van der Waals surface area contributed by atoms with Gasteiger partial charge in [0.15, 0.2) is 0 Å². The van der Waals surface area contributed by atoms with Crippen molar-refractivity contribution in [3.05, 3.63) is 21.6 Å². The van der Waals surface area contributed by atoms with Gasteiger partial charge in [-0.05, 0) is 6.42 Å². The molecule has 0 bridgehead atoms. The lowest BCUT2D eigenvalue weighted by Crippen LogP contribution is -2.29. The van der Waals surface area contributed by atoms with Crippen LogP contribution in [0.25, 0.3) is 0 Å². The number of aryl methyl sites for hydroxylation is 1. The SMILES string of the molecule is Cn1ncc(N2CCC(N)C2)c(Cl)c1=O. The number of halogens is 1. The van der Waals surface area contributed by atoms with E-state index in [1.54, 1.807) is 13.2 Å². The lowest BCUT2D eigenvalue weighted by atomic mass is 10.3. The average molecular weight is 229 g/mol. The predicted octanol–water partition coefficient (Wildman–Crippen LogP) is -0.0289. The number of hydrogen-bond donors (Lipinski definition) is 1. The zero-order valence-corrected chi connectivity index (χ0v) is 9.24. The summed E-state index contributed by atoms with van der Waals surface area (Å²) < 4.78 is 1.22. The Hall–Kier alpha value is -1.07. The molecule has 0 radical (unpaired) electrons. The Labute approximate surface area is 92.4 Å².